The highest BCUT2D eigenvalue weighted by Crippen LogP contribution is 2.26. The molecule has 1 saturated heterocycles. The van der Waals surface area contributed by atoms with Crippen LogP contribution in [0.5, 0.6) is 0 Å². The van der Waals surface area contributed by atoms with E-state index >= 15 is 0 Å². The molecule has 0 amide bonds. The maximum Gasteiger partial charge on any atom is 0.252 e. The number of benzene rings is 1. The van der Waals surface area contributed by atoms with Crippen LogP contribution in [0.3, 0.4) is 0 Å². The van der Waals surface area contributed by atoms with Gasteiger partial charge in [-0.15, -0.1) is 0 Å². The van der Waals surface area contributed by atoms with E-state index in [9.17, 15) is 4.79 Å². The maximum atomic E-state index is 12.0. The third-order valence-electron chi connectivity index (χ3n) is 3.56. The number of aryl methyl sites for hydroxylation is 1. The Morgan fingerprint density at radius 3 is 3.00 bits per heavy atom. The van der Waals surface area contributed by atoms with Crippen LogP contribution in [-0.2, 0) is 7.05 Å². The van der Waals surface area contributed by atoms with Gasteiger partial charge in [-0.2, -0.15) is 23.5 Å². The average Bonchev–Trinajstić information content (AvgIpc) is 2.50. The number of nitrogens with one attached hydrogen (secondary N) is 1. The number of anilines is 1. The van der Waals surface area contributed by atoms with Crippen molar-refractivity contribution < 1.29 is 0 Å². The quantitative estimate of drug-likeness (QED) is 0.945. The van der Waals surface area contributed by atoms with Gasteiger partial charge in [0.2, 0.25) is 0 Å². The summed E-state index contributed by atoms with van der Waals surface area (Å²) in [5.74, 6) is 3.69. The SMILES string of the molecule is Cn1c(=O)cc(NCC2CSCCS2)c2ccccc21. The first kappa shape index (κ1) is 13.9. The first-order chi connectivity index (χ1) is 9.75. The molecule has 3 rings (SSSR count). The maximum absolute atomic E-state index is 12.0. The Morgan fingerprint density at radius 2 is 2.20 bits per heavy atom. The molecule has 20 heavy (non-hydrogen) atoms. The number of hydrogen-bond donors (Lipinski definition) is 1. The number of aromatic nitrogens is 1. The molecule has 106 valence electrons. The molecule has 0 bridgehead atoms. The smallest absolute Gasteiger partial charge is 0.252 e. The van der Waals surface area contributed by atoms with Crippen LogP contribution in [-0.4, -0.2) is 33.6 Å². The van der Waals surface area contributed by atoms with Gasteiger partial charge in [0, 0.05) is 53.2 Å². The van der Waals surface area contributed by atoms with Crippen molar-refractivity contribution in [1.29, 1.82) is 0 Å². The van der Waals surface area contributed by atoms with Crippen molar-refractivity contribution in [3.05, 3.63) is 40.7 Å². The fourth-order valence-corrected chi connectivity index (χ4v) is 5.05. The summed E-state index contributed by atoms with van der Waals surface area (Å²) in [4.78, 5) is 12.0. The molecule has 1 aromatic heterocycles. The van der Waals surface area contributed by atoms with Crippen molar-refractivity contribution >= 4 is 40.1 Å². The van der Waals surface area contributed by atoms with Gasteiger partial charge >= 0.3 is 0 Å². The zero-order valence-corrected chi connectivity index (χ0v) is 13.1. The first-order valence-electron chi connectivity index (χ1n) is 6.78. The van der Waals surface area contributed by atoms with E-state index in [1.807, 2.05) is 48.8 Å². The van der Waals surface area contributed by atoms with E-state index < -0.39 is 0 Å². The lowest BCUT2D eigenvalue weighted by molar-refractivity contribution is 0.904. The molecule has 3 nitrogen and oxygen atoms in total. The van der Waals surface area contributed by atoms with Gasteiger partial charge in [-0.25, -0.2) is 0 Å². The topological polar surface area (TPSA) is 34.0 Å². The van der Waals surface area contributed by atoms with E-state index in [-0.39, 0.29) is 5.56 Å². The van der Waals surface area contributed by atoms with Gasteiger partial charge in [0.05, 0.1) is 5.52 Å². The molecule has 0 radical (unpaired) electrons. The van der Waals surface area contributed by atoms with Crippen molar-refractivity contribution in [3.63, 3.8) is 0 Å². The zero-order valence-electron chi connectivity index (χ0n) is 11.5. The fourth-order valence-electron chi connectivity index (χ4n) is 2.44. The van der Waals surface area contributed by atoms with Crippen LogP contribution in [0.4, 0.5) is 5.69 Å². The third-order valence-corrected chi connectivity index (χ3v) is 6.40. The number of fused-ring (bicyclic) bond motifs is 1. The molecule has 1 aliphatic heterocycles. The Morgan fingerprint density at radius 1 is 1.35 bits per heavy atom. The zero-order chi connectivity index (χ0) is 13.9. The van der Waals surface area contributed by atoms with Crippen LogP contribution in [0.2, 0.25) is 0 Å². The van der Waals surface area contributed by atoms with E-state index in [2.05, 4.69) is 11.4 Å². The second-order valence-corrected chi connectivity index (χ2v) is 7.48. The third kappa shape index (κ3) is 2.83. The Bertz CT molecular complexity index is 662. The van der Waals surface area contributed by atoms with Crippen molar-refractivity contribution in [2.75, 3.05) is 29.1 Å². The predicted molar refractivity (Wildman–Crippen MR) is 91.2 cm³/mol. The molecular weight excluding hydrogens is 288 g/mol. The molecule has 2 aromatic rings. The van der Waals surface area contributed by atoms with Crippen molar-refractivity contribution in [2.45, 2.75) is 5.25 Å². The average molecular weight is 306 g/mol. The minimum atomic E-state index is 0.0388. The van der Waals surface area contributed by atoms with Gasteiger partial charge in [-0.05, 0) is 6.07 Å². The molecule has 0 saturated carbocycles. The van der Waals surface area contributed by atoms with Crippen LogP contribution in [0.15, 0.2) is 35.1 Å². The molecular formula is C15H18N2OS2. The fraction of sp³-hybridized carbons (Fsp3) is 0.400. The lowest BCUT2D eigenvalue weighted by atomic mass is 10.2. The number of rotatable bonds is 3. The summed E-state index contributed by atoms with van der Waals surface area (Å²) in [6.07, 6.45) is 0. The molecule has 1 fully saturated rings. The second kappa shape index (κ2) is 6.14. The lowest BCUT2D eigenvalue weighted by Gasteiger charge is -2.22. The summed E-state index contributed by atoms with van der Waals surface area (Å²) >= 11 is 4.05. The van der Waals surface area contributed by atoms with Gasteiger partial charge in [0.1, 0.15) is 0 Å². The van der Waals surface area contributed by atoms with Gasteiger partial charge in [-0.1, -0.05) is 18.2 Å². The highest BCUT2D eigenvalue weighted by molar-refractivity contribution is 8.06. The van der Waals surface area contributed by atoms with Gasteiger partial charge < -0.3 is 9.88 Å². The highest BCUT2D eigenvalue weighted by Gasteiger charge is 2.14. The van der Waals surface area contributed by atoms with Crippen LogP contribution in [0.25, 0.3) is 10.9 Å². The van der Waals surface area contributed by atoms with E-state index in [1.165, 1.54) is 17.3 Å². The Labute approximate surface area is 127 Å². The van der Waals surface area contributed by atoms with Crippen molar-refractivity contribution in [2.24, 2.45) is 7.05 Å². The predicted octanol–water partition coefficient (Wildman–Crippen LogP) is 2.80. The van der Waals surface area contributed by atoms with E-state index in [1.54, 1.807) is 10.6 Å². The van der Waals surface area contributed by atoms with E-state index in [0.717, 1.165) is 23.1 Å². The molecule has 2 heterocycles. The summed E-state index contributed by atoms with van der Waals surface area (Å²) in [6.45, 7) is 0.925. The highest BCUT2D eigenvalue weighted by atomic mass is 32.2. The van der Waals surface area contributed by atoms with Gasteiger partial charge in [0.25, 0.3) is 5.56 Å². The molecule has 1 atom stereocenters. The lowest BCUT2D eigenvalue weighted by Crippen LogP contribution is -2.24. The number of hydrogen-bond acceptors (Lipinski definition) is 4. The number of para-hydroxylation sites is 1. The summed E-state index contributed by atoms with van der Waals surface area (Å²) in [6, 6.07) is 9.76. The molecule has 0 aliphatic carbocycles. The molecule has 1 N–H and O–H groups in total. The van der Waals surface area contributed by atoms with Crippen LogP contribution in [0, 0.1) is 0 Å². The Balaban J connectivity index is 1.87. The first-order valence-corrected chi connectivity index (χ1v) is 8.98. The van der Waals surface area contributed by atoms with E-state index in [4.69, 9.17) is 0 Å². The van der Waals surface area contributed by atoms with E-state index in [0.29, 0.717) is 5.25 Å². The Kier molecular flexibility index (Phi) is 4.27. The largest absolute Gasteiger partial charge is 0.383 e. The minimum absolute atomic E-state index is 0.0388. The van der Waals surface area contributed by atoms with Gasteiger partial charge in [-0.3, -0.25) is 4.79 Å². The van der Waals surface area contributed by atoms with Crippen molar-refractivity contribution in [1.82, 2.24) is 4.57 Å². The molecule has 1 aliphatic rings. The van der Waals surface area contributed by atoms with Crippen molar-refractivity contribution in [3.8, 4) is 0 Å². The second-order valence-electron chi connectivity index (χ2n) is 4.92. The summed E-state index contributed by atoms with van der Waals surface area (Å²) in [5.41, 5.74) is 1.98. The van der Waals surface area contributed by atoms with Gasteiger partial charge in [0.15, 0.2) is 0 Å². The monoisotopic (exact) mass is 306 g/mol. The molecule has 5 heteroatoms. The molecule has 0 spiro atoms. The molecule has 1 unspecified atom stereocenters. The summed E-state index contributed by atoms with van der Waals surface area (Å²) < 4.78 is 1.70. The molecule has 1 aromatic carbocycles. The standard InChI is InChI=1S/C15H18N2OS2/c1-17-14-5-3-2-4-12(14)13(8-15(17)18)16-9-11-10-19-6-7-20-11/h2-5,8,11,16H,6-7,9-10H2,1H3. The number of nitrogens with zero attached hydrogens (tertiary/aromatic N) is 1. The minimum Gasteiger partial charge on any atom is -0.383 e. The number of pyridine rings is 1. The normalized spacial score (nSPS) is 19.1. The summed E-state index contributed by atoms with van der Waals surface area (Å²) in [5, 5.41) is 5.23. The number of thioether (sulfide) groups is 2. The van der Waals surface area contributed by atoms with Crippen LogP contribution < -0.4 is 10.9 Å². The van der Waals surface area contributed by atoms with Crippen LogP contribution in [0.1, 0.15) is 0 Å². The summed E-state index contributed by atoms with van der Waals surface area (Å²) in [7, 11) is 1.82. The Hall–Kier alpha value is -1.07. The van der Waals surface area contributed by atoms with Crippen LogP contribution >= 0.6 is 23.5 Å².